The number of benzene rings is 2. The first-order valence-electron chi connectivity index (χ1n) is 7.61. The van der Waals surface area contributed by atoms with Gasteiger partial charge in [0.05, 0.1) is 35.7 Å². The van der Waals surface area contributed by atoms with Gasteiger partial charge in [-0.05, 0) is 18.2 Å². The summed E-state index contributed by atoms with van der Waals surface area (Å²) in [7, 11) is -4.33. The standard InChI is InChI=1S/C16H7Cl5F3N3O2S/c17-11-10(12(18)14(20)15(21)13(11)19)8-6-9(16(22,23)24)25-27(8)26-30(28,29)7-4-2-1-3-5-7/h1-6,26H. The molecule has 0 saturated heterocycles. The quantitative estimate of drug-likeness (QED) is 0.294. The maximum atomic E-state index is 13.3. The number of halogens is 8. The molecule has 0 unspecified atom stereocenters. The first-order valence-corrected chi connectivity index (χ1v) is 11.0. The molecule has 0 aliphatic heterocycles. The fourth-order valence-electron chi connectivity index (χ4n) is 2.36. The Morgan fingerprint density at radius 2 is 1.37 bits per heavy atom. The van der Waals surface area contributed by atoms with E-state index in [1.54, 1.807) is 6.07 Å². The molecule has 0 aliphatic carbocycles. The number of aromatic nitrogens is 2. The lowest BCUT2D eigenvalue weighted by atomic mass is 10.1. The van der Waals surface area contributed by atoms with Gasteiger partial charge in [-0.3, -0.25) is 0 Å². The molecule has 3 aromatic rings. The lowest BCUT2D eigenvalue weighted by molar-refractivity contribution is -0.141. The third-order valence-electron chi connectivity index (χ3n) is 3.73. The van der Waals surface area contributed by atoms with E-state index in [0.717, 1.165) is 0 Å². The van der Waals surface area contributed by atoms with Gasteiger partial charge in [0.15, 0.2) is 5.69 Å². The summed E-state index contributed by atoms with van der Waals surface area (Å²) in [4.78, 5) is 2.10. The van der Waals surface area contributed by atoms with Crippen molar-refractivity contribution >= 4 is 68.0 Å². The number of hydrogen-bond acceptors (Lipinski definition) is 3. The number of nitrogens with one attached hydrogen (secondary N) is 1. The van der Waals surface area contributed by atoms with Gasteiger partial charge in [-0.1, -0.05) is 76.2 Å². The Hall–Kier alpha value is -1.36. The third-order valence-corrected chi connectivity index (χ3v) is 7.31. The highest BCUT2D eigenvalue weighted by Crippen LogP contribution is 2.48. The van der Waals surface area contributed by atoms with Gasteiger partial charge < -0.3 is 0 Å². The van der Waals surface area contributed by atoms with Crippen LogP contribution in [0.2, 0.25) is 25.1 Å². The molecule has 160 valence electrons. The van der Waals surface area contributed by atoms with Crippen LogP contribution in [0.25, 0.3) is 11.3 Å². The Labute approximate surface area is 193 Å². The summed E-state index contributed by atoms with van der Waals surface area (Å²) in [5.74, 6) is 0. The summed E-state index contributed by atoms with van der Waals surface area (Å²) in [6.45, 7) is 0. The van der Waals surface area contributed by atoms with E-state index in [4.69, 9.17) is 58.0 Å². The first kappa shape index (κ1) is 23.3. The minimum atomic E-state index is -4.91. The Morgan fingerprint density at radius 3 is 1.87 bits per heavy atom. The van der Waals surface area contributed by atoms with Crippen LogP contribution >= 0.6 is 58.0 Å². The topological polar surface area (TPSA) is 64.0 Å². The van der Waals surface area contributed by atoms with Gasteiger partial charge in [-0.2, -0.15) is 31.2 Å². The van der Waals surface area contributed by atoms with E-state index in [9.17, 15) is 21.6 Å². The molecule has 3 rings (SSSR count). The van der Waals surface area contributed by atoms with E-state index in [1.165, 1.54) is 24.3 Å². The second-order valence-corrected chi connectivity index (χ2v) is 9.23. The number of hydrogen-bond donors (Lipinski definition) is 1. The molecule has 0 aliphatic rings. The monoisotopic (exact) mass is 537 g/mol. The maximum Gasteiger partial charge on any atom is 0.435 e. The molecule has 0 amide bonds. The highest BCUT2D eigenvalue weighted by atomic mass is 35.5. The van der Waals surface area contributed by atoms with Crippen LogP contribution in [0, 0.1) is 0 Å². The van der Waals surface area contributed by atoms with Crippen LogP contribution in [-0.4, -0.2) is 18.3 Å². The zero-order valence-electron chi connectivity index (χ0n) is 14.1. The molecular weight excluding hydrogens is 533 g/mol. The van der Waals surface area contributed by atoms with E-state index < -0.39 is 27.6 Å². The molecule has 0 saturated carbocycles. The lowest BCUT2D eigenvalue weighted by Gasteiger charge is -2.15. The highest BCUT2D eigenvalue weighted by molar-refractivity contribution is 7.92. The summed E-state index contributed by atoms with van der Waals surface area (Å²) in [6.07, 6.45) is -4.91. The summed E-state index contributed by atoms with van der Waals surface area (Å²) >= 11 is 30.2. The Kier molecular flexibility index (Phi) is 6.44. The van der Waals surface area contributed by atoms with Crippen molar-refractivity contribution in [3.8, 4) is 11.3 Å². The molecule has 5 nitrogen and oxygen atoms in total. The highest BCUT2D eigenvalue weighted by Gasteiger charge is 2.37. The molecule has 30 heavy (non-hydrogen) atoms. The maximum absolute atomic E-state index is 13.3. The fourth-order valence-corrected chi connectivity index (χ4v) is 4.68. The number of nitrogens with zero attached hydrogens (tertiary/aromatic N) is 2. The molecule has 1 N–H and O–H groups in total. The van der Waals surface area contributed by atoms with Crippen molar-refractivity contribution in [2.24, 2.45) is 0 Å². The van der Waals surface area contributed by atoms with Crippen molar-refractivity contribution in [1.29, 1.82) is 0 Å². The third kappa shape index (κ3) is 4.32. The first-order chi connectivity index (χ1) is 13.8. The minimum Gasteiger partial charge on any atom is -0.200 e. The van der Waals surface area contributed by atoms with Gasteiger partial charge in [0.1, 0.15) is 0 Å². The SMILES string of the molecule is O=S(=O)(Nn1nc(C(F)(F)F)cc1-c1c(Cl)c(Cl)c(Cl)c(Cl)c1Cl)c1ccccc1. The van der Waals surface area contributed by atoms with Gasteiger partial charge in [0.25, 0.3) is 10.0 Å². The normalized spacial score (nSPS) is 12.3. The lowest BCUT2D eigenvalue weighted by Crippen LogP contribution is -2.25. The van der Waals surface area contributed by atoms with E-state index in [2.05, 4.69) is 5.10 Å². The van der Waals surface area contributed by atoms with Crippen molar-refractivity contribution in [3.63, 3.8) is 0 Å². The van der Waals surface area contributed by atoms with E-state index in [-0.39, 0.29) is 35.6 Å². The molecule has 0 fully saturated rings. The van der Waals surface area contributed by atoms with Gasteiger partial charge in [-0.25, -0.2) is 0 Å². The summed E-state index contributed by atoms with van der Waals surface area (Å²) in [5, 5.41) is 1.83. The van der Waals surface area contributed by atoms with E-state index >= 15 is 0 Å². The smallest absolute Gasteiger partial charge is 0.200 e. The molecule has 0 atom stereocenters. The van der Waals surface area contributed by atoms with Crippen molar-refractivity contribution < 1.29 is 21.6 Å². The molecule has 2 aromatic carbocycles. The molecule has 1 aromatic heterocycles. The van der Waals surface area contributed by atoms with Crippen LogP contribution in [0.3, 0.4) is 0 Å². The molecule has 0 spiro atoms. The number of alkyl halides is 3. The Balaban J connectivity index is 2.26. The van der Waals surface area contributed by atoms with Crippen LogP contribution in [0.5, 0.6) is 0 Å². The molecule has 1 heterocycles. The Morgan fingerprint density at radius 1 is 0.867 bits per heavy atom. The van der Waals surface area contributed by atoms with E-state index in [0.29, 0.717) is 10.9 Å². The van der Waals surface area contributed by atoms with Gasteiger partial charge in [0, 0.05) is 5.56 Å². The molecule has 14 heteroatoms. The van der Waals surface area contributed by atoms with Gasteiger partial charge in [-0.15, -0.1) is 5.10 Å². The fraction of sp³-hybridized carbons (Fsp3) is 0.0625. The van der Waals surface area contributed by atoms with Crippen molar-refractivity contribution in [1.82, 2.24) is 9.89 Å². The van der Waals surface area contributed by atoms with Crippen LogP contribution in [0.1, 0.15) is 5.69 Å². The minimum absolute atomic E-state index is 0.218. The zero-order chi connectivity index (χ0) is 22.4. The summed E-state index contributed by atoms with van der Waals surface area (Å²) < 4.78 is 65.1. The zero-order valence-corrected chi connectivity index (χ0v) is 18.7. The molecule has 0 radical (unpaired) electrons. The number of rotatable bonds is 4. The number of sulfonamides is 1. The average Bonchev–Trinajstić information content (AvgIpc) is 3.09. The van der Waals surface area contributed by atoms with Crippen LogP contribution in [0.4, 0.5) is 13.2 Å². The van der Waals surface area contributed by atoms with Crippen molar-refractivity contribution in [2.45, 2.75) is 11.1 Å². The van der Waals surface area contributed by atoms with Gasteiger partial charge in [0.2, 0.25) is 0 Å². The van der Waals surface area contributed by atoms with Gasteiger partial charge >= 0.3 is 6.18 Å². The largest absolute Gasteiger partial charge is 0.435 e. The second-order valence-electron chi connectivity index (χ2n) is 5.68. The predicted octanol–water partition coefficient (Wildman–Crippen LogP) is 6.77. The molecule has 0 bridgehead atoms. The molecular formula is C16H7Cl5F3N3O2S. The van der Waals surface area contributed by atoms with Crippen LogP contribution < -0.4 is 4.83 Å². The van der Waals surface area contributed by atoms with Crippen LogP contribution in [-0.2, 0) is 16.2 Å². The second kappa shape index (κ2) is 8.29. The Bertz CT molecular complexity index is 1200. The van der Waals surface area contributed by atoms with Crippen LogP contribution in [0.15, 0.2) is 41.3 Å². The summed E-state index contributed by atoms with van der Waals surface area (Å²) in [5.41, 5.74) is -2.17. The van der Waals surface area contributed by atoms with Crippen molar-refractivity contribution in [3.05, 3.63) is 67.2 Å². The predicted molar refractivity (Wildman–Crippen MR) is 111 cm³/mol. The van der Waals surface area contributed by atoms with E-state index in [1.807, 2.05) is 4.83 Å². The average molecular weight is 540 g/mol. The van der Waals surface area contributed by atoms with Crippen molar-refractivity contribution in [2.75, 3.05) is 4.83 Å². The summed E-state index contributed by atoms with van der Waals surface area (Å²) in [6, 6.07) is 7.47.